The minimum atomic E-state index is -0.261. The number of carbonyl (C=O) groups excluding carboxylic acids is 1. The van der Waals surface area contributed by atoms with Crippen LogP contribution in [-0.2, 0) is 11.2 Å². The predicted octanol–water partition coefficient (Wildman–Crippen LogP) is 3.65. The Morgan fingerprint density at radius 2 is 1.68 bits per heavy atom. The summed E-state index contributed by atoms with van der Waals surface area (Å²) in [7, 11) is 0. The maximum atomic E-state index is 11.6. The zero-order chi connectivity index (χ0) is 13.7. The van der Waals surface area contributed by atoms with Gasteiger partial charge in [-0.25, -0.2) is 0 Å². The van der Waals surface area contributed by atoms with Crippen LogP contribution in [0.1, 0.15) is 23.5 Å². The molecule has 0 bridgehead atoms. The Bertz CT molecular complexity index is 536. The molecule has 1 atom stereocenters. The Hall–Kier alpha value is -1.61. The van der Waals surface area contributed by atoms with E-state index in [-0.39, 0.29) is 11.8 Å². The third-order valence-corrected chi connectivity index (χ3v) is 3.71. The maximum absolute atomic E-state index is 11.6. The van der Waals surface area contributed by atoms with Crippen molar-refractivity contribution in [3.8, 4) is 0 Å². The van der Waals surface area contributed by atoms with Crippen molar-refractivity contribution >= 4 is 21.8 Å². The molecule has 0 saturated heterocycles. The van der Waals surface area contributed by atoms with Crippen molar-refractivity contribution in [1.29, 1.82) is 0 Å². The van der Waals surface area contributed by atoms with Crippen LogP contribution in [0.5, 0.6) is 0 Å². The van der Waals surface area contributed by atoms with Crippen LogP contribution in [0.3, 0.4) is 0 Å². The van der Waals surface area contributed by atoms with Crippen molar-refractivity contribution in [3.05, 3.63) is 70.2 Å². The second-order valence-electron chi connectivity index (χ2n) is 4.53. The van der Waals surface area contributed by atoms with Crippen molar-refractivity contribution in [1.82, 2.24) is 0 Å². The molecule has 0 aliphatic carbocycles. The third-order valence-electron chi connectivity index (χ3n) is 3.18. The molecule has 2 aromatic carbocycles. The van der Waals surface area contributed by atoms with Gasteiger partial charge in [-0.05, 0) is 36.1 Å². The van der Waals surface area contributed by atoms with E-state index in [1.54, 1.807) is 0 Å². The van der Waals surface area contributed by atoms with E-state index in [0.717, 1.165) is 22.9 Å². The lowest BCUT2D eigenvalue weighted by molar-refractivity contribution is -0.119. The maximum Gasteiger partial charge on any atom is 0.224 e. The molecule has 3 heteroatoms. The lowest BCUT2D eigenvalue weighted by Gasteiger charge is -2.13. The summed E-state index contributed by atoms with van der Waals surface area (Å²) in [6, 6.07) is 17.9. The SMILES string of the molecule is NC(=O)C(CCc1ccc(Br)cc1)c1ccccc1. The summed E-state index contributed by atoms with van der Waals surface area (Å²) in [6.07, 6.45) is 1.58. The second-order valence-corrected chi connectivity index (χ2v) is 5.45. The molecule has 2 rings (SSSR count). The van der Waals surface area contributed by atoms with Gasteiger partial charge in [0.15, 0.2) is 0 Å². The van der Waals surface area contributed by atoms with E-state index in [0.29, 0.717) is 0 Å². The Balaban J connectivity index is 2.06. The Morgan fingerprint density at radius 1 is 1.05 bits per heavy atom. The fourth-order valence-corrected chi connectivity index (χ4v) is 2.38. The van der Waals surface area contributed by atoms with E-state index in [9.17, 15) is 4.79 Å². The summed E-state index contributed by atoms with van der Waals surface area (Å²) in [5.74, 6) is -0.479. The number of benzene rings is 2. The normalized spacial score (nSPS) is 12.1. The Labute approximate surface area is 121 Å². The van der Waals surface area contributed by atoms with E-state index in [1.165, 1.54) is 5.56 Å². The lowest BCUT2D eigenvalue weighted by Crippen LogP contribution is -2.21. The fourth-order valence-electron chi connectivity index (χ4n) is 2.12. The second kappa shape index (κ2) is 6.53. The first-order chi connectivity index (χ1) is 9.16. The van der Waals surface area contributed by atoms with Crippen molar-refractivity contribution in [2.75, 3.05) is 0 Å². The molecule has 0 saturated carbocycles. The minimum absolute atomic E-state index is 0.218. The van der Waals surface area contributed by atoms with Gasteiger partial charge in [0.1, 0.15) is 0 Å². The molecule has 1 amide bonds. The van der Waals surface area contributed by atoms with Crippen molar-refractivity contribution in [3.63, 3.8) is 0 Å². The molecule has 0 aromatic heterocycles. The number of carbonyl (C=O) groups is 1. The topological polar surface area (TPSA) is 43.1 Å². The van der Waals surface area contributed by atoms with E-state index in [2.05, 4.69) is 28.1 Å². The largest absolute Gasteiger partial charge is 0.369 e. The van der Waals surface area contributed by atoms with Crippen LogP contribution in [0.4, 0.5) is 0 Å². The molecule has 98 valence electrons. The van der Waals surface area contributed by atoms with Crippen molar-refractivity contribution in [2.24, 2.45) is 5.73 Å². The molecule has 1 unspecified atom stereocenters. The van der Waals surface area contributed by atoms with Gasteiger partial charge >= 0.3 is 0 Å². The van der Waals surface area contributed by atoms with Gasteiger partial charge in [0.25, 0.3) is 0 Å². The zero-order valence-corrected chi connectivity index (χ0v) is 12.1. The molecular weight excluding hydrogens is 302 g/mol. The van der Waals surface area contributed by atoms with Crippen LogP contribution in [-0.4, -0.2) is 5.91 Å². The molecule has 0 heterocycles. The summed E-state index contributed by atoms with van der Waals surface area (Å²) in [5.41, 5.74) is 7.72. The molecule has 19 heavy (non-hydrogen) atoms. The minimum Gasteiger partial charge on any atom is -0.369 e. The van der Waals surface area contributed by atoms with E-state index < -0.39 is 0 Å². The highest BCUT2D eigenvalue weighted by Gasteiger charge is 2.17. The highest BCUT2D eigenvalue weighted by atomic mass is 79.9. The van der Waals surface area contributed by atoms with Gasteiger partial charge in [0.05, 0.1) is 5.92 Å². The van der Waals surface area contributed by atoms with Gasteiger partial charge < -0.3 is 5.73 Å². The van der Waals surface area contributed by atoms with E-state index in [4.69, 9.17) is 5.73 Å². The Morgan fingerprint density at radius 3 is 2.26 bits per heavy atom. The quantitative estimate of drug-likeness (QED) is 0.898. The molecule has 0 spiro atoms. The van der Waals surface area contributed by atoms with Gasteiger partial charge in [-0.15, -0.1) is 0 Å². The summed E-state index contributed by atoms with van der Waals surface area (Å²) < 4.78 is 1.06. The summed E-state index contributed by atoms with van der Waals surface area (Å²) in [5, 5.41) is 0. The van der Waals surface area contributed by atoms with Crippen LogP contribution in [0.25, 0.3) is 0 Å². The molecule has 0 aliphatic heterocycles. The number of nitrogens with two attached hydrogens (primary N) is 1. The number of amides is 1. The van der Waals surface area contributed by atoms with Crippen molar-refractivity contribution < 1.29 is 4.79 Å². The highest BCUT2D eigenvalue weighted by molar-refractivity contribution is 9.10. The monoisotopic (exact) mass is 317 g/mol. The number of rotatable bonds is 5. The van der Waals surface area contributed by atoms with Gasteiger partial charge in [0, 0.05) is 4.47 Å². The highest BCUT2D eigenvalue weighted by Crippen LogP contribution is 2.22. The van der Waals surface area contributed by atoms with E-state index in [1.807, 2.05) is 42.5 Å². The van der Waals surface area contributed by atoms with Gasteiger partial charge in [0.2, 0.25) is 5.91 Å². The first-order valence-corrected chi connectivity index (χ1v) is 7.05. The molecule has 2 nitrogen and oxygen atoms in total. The van der Waals surface area contributed by atoms with Crippen LogP contribution in [0.15, 0.2) is 59.1 Å². The van der Waals surface area contributed by atoms with E-state index >= 15 is 0 Å². The molecule has 2 N–H and O–H groups in total. The van der Waals surface area contributed by atoms with Crippen LogP contribution < -0.4 is 5.73 Å². The average molecular weight is 318 g/mol. The number of aryl methyl sites for hydroxylation is 1. The number of primary amides is 1. The van der Waals surface area contributed by atoms with Gasteiger partial charge in [-0.3, -0.25) is 4.79 Å². The lowest BCUT2D eigenvalue weighted by atomic mass is 9.92. The zero-order valence-electron chi connectivity index (χ0n) is 10.6. The number of halogens is 1. The molecular formula is C16H16BrNO. The fraction of sp³-hybridized carbons (Fsp3) is 0.188. The number of hydrogen-bond acceptors (Lipinski definition) is 1. The first kappa shape index (κ1) is 13.8. The first-order valence-electron chi connectivity index (χ1n) is 6.25. The Kier molecular flexibility index (Phi) is 4.74. The van der Waals surface area contributed by atoms with Gasteiger partial charge in [-0.2, -0.15) is 0 Å². The van der Waals surface area contributed by atoms with Crippen LogP contribution in [0, 0.1) is 0 Å². The van der Waals surface area contributed by atoms with Crippen LogP contribution >= 0.6 is 15.9 Å². The van der Waals surface area contributed by atoms with Crippen LogP contribution in [0.2, 0.25) is 0 Å². The summed E-state index contributed by atoms with van der Waals surface area (Å²) in [4.78, 5) is 11.6. The third kappa shape index (κ3) is 3.93. The predicted molar refractivity (Wildman–Crippen MR) is 80.8 cm³/mol. The number of hydrogen-bond donors (Lipinski definition) is 1. The van der Waals surface area contributed by atoms with Crippen molar-refractivity contribution in [2.45, 2.75) is 18.8 Å². The summed E-state index contributed by atoms with van der Waals surface area (Å²) >= 11 is 3.41. The standard InChI is InChI=1S/C16H16BrNO/c17-14-9-6-12(7-10-14)8-11-15(16(18)19)13-4-2-1-3-5-13/h1-7,9-10,15H,8,11H2,(H2,18,19). The summed E-state index contributed by atoms with van der Waals surface area (Å²) in [6.45, 7) is 0. The average Bonchev–Trinajstić information content (AvgIpc) is 2.42. The molecule has 0 aliphatic rings. The smallest absolute Gasteiger partial charge is 0.224 e. The molecule has 0 radical (unpaired) electrons. The van der Waals surface area contributed by atoms with Gasteiger partial charge in [-0.1, -0.05) is 58.4 Å². The molecule has 0 fully saturated rings. The molecule has 2 aromatic rings.